The third kappa shape index (κ3) is 2.29. The molecule has 1 unspecified atom stereocenters. The van der Waals surface area contributed by atoms with Gasteiger partial charge in [0, 0.05) is 24.3 Å². The van der Waals surface area contributed by atoms with Gasteiger partial charge in [-0.3, -0.25) is 0 Å². The molecular weight excluding hydrogens is 242 g/mol. The Bertz CT molecular complexity index is 463. The summed E-state index contributed by atoms with van der Waals surface area (Å²) in [6.07, 6.45) is 3.77. The maximum absolute atomic E-state index is 5.97. The molecule has 1 atom stereocenters. The Morgan fingerprint density at radius 3 is 2.88 bits per heavy atom. The Hall–Kier alpha value is -0.840. The van der Waals surface area contributed by atoms with Crippen molar-refractivity contribution in [3.05, 3.63) is 39.6 Å². The Balaban J connectivity index is 2.34. The van der Waals surface area contributed by atoms with Gasteiger partial charge in [-0.2, -0.15) is 0 Å². The lowest BCUT2D eigenvalue weighted by molar-refractivity contribution is 0.584. The van der Waals surface area contributed by atoms with E-state index in [4.69, 9.17) is 11.6 Å². The lowest BCUT2D eigenvalue weighted by atomic mass is 10.2. The molecule has 0 amide bonds. The quantitative estimate of drug-likeness (QED) is 0.911. The molecule has 0 aliphatic heterocycles. The summed E-state index contributed by atoms with van der Waals surface area (Å²) in [7, 11) is 2.00. The van der Waals surface area contributed by atoms with Gasteiger partial charge in [0.25, 0.3) is 0 Å². The van der Waals surface area contributed by atoms with Crippen LogP contribution in [0.2, 0.25) is 4.34 Å². The lowest BCUT2D eigenvalue weighted by Gasteiger charge is -2.15. The van der Waals surface area contributed by atoms with E-state index < -0.39 is 0 Å². The molecule has 2 heterocycles. The maximum atomic E-state index is 5.97. The van der Waals surface area contributed by atoms with E-state index in [-0.39, 0.29) is 6.04 Å². The fourth-order valence-corrected chi connectivity index (χ4v) is 2.80. The van der Waals surface area contributed by atoms with Crippen molar-refractivity contribution in [2.24, 2.45) is 7.05 Å². The molecule has 0 spiro atoms. The van der Waals surface area contributed by atoms with Crippen LogP contribution >= 0.6 is 22.9 Å². The summed E-state index contributed by atoms with van der Waals surface area (Å²) >= 11 is 7.56. The number of nitrogens with one attached hydrogen (secondary N) is 1. The third-order valence-corrected chi connectivity index (χ3v) is 3.70. The van der Waals surface area contributed by atoms with E-state index in [2.05, 4.69) is 23.3 Å². The van der Waals surface area contributed by atoms with Gasteiger partial charge in [0.2, 0.25) is 0 Å². The van der Waals surface area contributed by atoms with Crippen LogP contribution in [0.25, 0.3) is 0 Å². The highest BCUT2D eigenvalue weighted by Crippen LogP contribution is 2.30. The molecule has 0 fully saturated rings. The molecule has 0 bridgehead atoms. The number of hydrogen-bond donors (Lipinski definition) is 1. The van der Waals surface area contributed by atoms with Crippen molar-refractivity contribution in [1.29, 1.82) is 0 Å². The van der Waals surface area contributed by atoms with Crippen LogP contribution in [0, 0.1) is 0 Å². The molecule has 0 aliphatic carbocycles. The predicted molar refractivity (Wildman–Crippen MR) is 68.1 cm³/mol. The molecule has 3 nitrogen and oxygen atoms in total. The van der Waals surface area contributed by atoms with Crippen molar-refractivity contribution >= 4 is 22.9 Å². The molecule has 86 valence electrons. The van der Waals surface area contributed by atoms with Gasteiger partial charge >= 0.3 is 0 Å². The van der Waals surface area contributed by atoms with Crippen molar-refractivity contribution in [2.45, 2.75) is 13.0 Å². The molecule has 0 aliphatic rings. The first-order chi connectivity index (χ1) is 7.72. The largest absolute Gasteiger partial charge is 0.336 e. The second-order valence-electron chi connectivity index (χ2n) is 3.53. The zero-order valence-corrected chi connectivity index (χ0v) is 10.8. The zero-order valence-electron chi connectivity index (χ0n) is 9.27. The second kappa shape index (κ2) is 4.99. The normalized spacial score (nSPS) is 12.9. The monoisotopic (exact) mass is 255 g/mol. The van der Waals surface area contributed by atoms with Gasteiger partial charge < -0.3 is 9.88 Å². The Morgan fingerprint density at radius 1 is 1.56 bits per heavy atom. The van der Waals surface area contributed by atoms with Crippen LogP contribution in [0.5, 0.6) is 0 Å². The summed E-state index contributed by atoms with van der Waals surface area (Å²) in [4.78, 5) is 5.58. The third-order valence-electron chi connectivity index (χ3n) is 2.40. The van der Waals surface area contributed by atoms with Gasteiger partial charge in [-0.1, -0.05) is 18.5 Å². The van der Waals surface area contributed by atoms with Crippen LogP contribution in [0.3, 0.4) is 0 Å². The van der Waals surface area contributed by atoms with Gasteiger partial charge in [-0.05, 0) is 18.7 Å². The molecule has 0 radical (unpaired) electrons. The van der Waals surface area contributed by atoms with E-state index >= 15 is 0 Å². The first-order valence-electron chi connectivity index (χ1n) is 5.18. The summed E-state index contributed by atoms with van der Waals surface area (Å²) in [5, 5.41) is 3.42. The highest BCUT2D eigenvalue weighted by atomic mass is 35.5. The average molecular weight is 256 g/mol. The summed E-state index contributed by atoms with van der Waals surface area (Å²) in [5.74, 6) is 1.01. The smallest absolute Gasteiger partial charge is 0.131 e. The van der Waals surface area contributed by atoms with Crippen LogP contribution in [-0.4, -0.2) is 16.1 Å². The van der Waals surface area contributed by atoms with Crippen LogP contribution in [-0.2, 0) is 7.05 Å². The zero-order chi connectivity index (χ0) is 11.5. The van der Waals surface area contributed by atoms with Crippen molar-refractivity contribution < 1.29 is 0 Å². The number of thiophene rings is 1. The first-order valence-corrected chi connectivity index (χ1v) is 6.37. The number of rotatable bonds is 4. The van der Waals surface area contributed by atoms with E-state index in [1.165, 1.54) is 4.88 Å². The topological polar surface area (TPSA) is 29.9 Å². The predicted octanol–water partition coefficient (Wildman–Crippen LogP) is 2.83. The molecule has 2 aromatic heterocycles. The number of aromatic nitrogens is 2. The second-order valence-corrected chi connectivity index (χ2v) is 5.28. The average Bonchev–Trinajstić information content (AvgIpc) is 2.84. The molecule has 0 saturated heterocycles. The van der Waals surface area contributed by atoms with Gasteiger partial charge in [0.05, 0.1) is 4.34 Å². The molecule has 2 aromatic rings. The standard InChI is InChI=1S/C11H14ClN3S/c1-3-13-10(8-4-5-9(12)16-8)11-14-6-7-15(11)2/h4-7,10,13H,3H2,1-2H3. The van der Waals surface area contributed by atoms with Crippen LogP contribution in [0.15, 0.2) is 24.5 Å². The van der Waals surface area contributed by atoms with Gasteiger partial charge in [-0.15, -0.1) is 11.3 Å². The Labute approximate surface area is 104 Å². The molecule has 2 rings (SSSR count). The van der Waals surface area contributed by atoms with Crippen LogP contribution < -0.4 is 5.32 Å². The number of aryl methyl sites for hydroxylation is 1. The van der Waals surface area contributed by atoms with E-state index in [1.54, 1.807) is 11.3 Å². The first kappa shape index (κ1) is 11.6. The lowest BCUT2D eigenvalue weighted by Crippen LogP contribution is -2.23. The Kier molecular flexibility index (Phi) is 3.63. The number of imidazole rings is 1. The molecule has 0 saturated carbocycles. The van der Waals surface area contributed by atoms with Gasteiger partial charge in [0.15, 0.2) is 0 Å². The van der Waals surface area contributed by atoms with Gasteiger partial charge in [-0.25, -0.2) is 4.98 Å². The van der Waals surface area contributed by atoms with Crippen molar-refractivity contribution in [2.75, 3.05) is 6.54 Å². The van der Waals surface area contributed by atoms with Crippen molar-refractivity contribution in [3.63, 3.8) is 0 Å². The van der Waals surface area contributed by atoms with Crippen LogP contribution in [0.1, 0.15) is 23.7 Å². The van der Waals surface area contributed by atoms with E-state index in [1.807, 2.05) is 30.1 Å². The number of halogens is 1. The summed E-state index contributed by atoms with van der Waals surface area (Å²) in [6, 6.07) is 4.10. The van der Waals surface area contributed by atoms with E-state index in [9.17, 15) is 0 Å². The molecule has 5 heteroatoms. The highest BCUT2D eigenvalue weighted by Gasteiger charge is 2.18. The van der Waals surface area contributed by atoms with Gasteiger partial charge in [0.1, 0.15) is 11.9 Å². The molecule has 0 aromatic carbocycles. The van der Waals surface area contributed by atoms with Crippen molar-refractivity contribution in [1.82, 2.24) is 14.9 Å². The minimum absolute atomic E-state index is 0.127. The number of nitrogens with zero attached hydrogens (tertiary/aromatic N) is 2. The van der Waals surface area contributed by atoms with E-state index in [0.717, 1.165) is 16.7 Å². The molecule has 16 heavy (non-hydrogen) atoms. The van der Waals surface area contributed by atoms with Crippen molar-refractivity contribution in [3.8, 4) is 0 Å². The van der Waals surface area contributed by atoms with E-state index in [0.29, 0.717) is 0 Å². The number of hydrogen-bond acceptors (Lipinski definition) is 3. The summed E-state index contributed by atoms with van der Waals surface area (Å²) < 4.78 is 2.84. The molecular formula is C11H14ClN3S. The highest BCUT2D eigenvalue weighted by molar-refractivity contribution is 7.16. The maximum Gasteiger partial charge on any atom is 0.131 e. The summed E-state index contributed by atoms with van der Waals surface area (Å²) in [6.45, 7) is 2.98. The fourth-order valence-electron chi connectivity index (χ4n) is 1.66. The fraction of sp³-hybridized carbons (Fsp3) is 0.364. The minimum atomic E-state index is 0.127. The minimum Gasteiger partial charge on any atom is -0.336 e. The Morgan fingerprint density at radius 2 is 2.38 bits per heavy atom. The summed E-state index contributed by atoms with van der Waals surface area (Å²) in [5.41, 5.74) is 0. The SMILES string of the molecule is CCNC(c1ccc(Cl)s1)c1nccn1C. The molecule has 1 N–H and O–H groups in total. The van der Waals surface area contributed by atoms with Crippen LogP contribution in [0.4, 0.5) is 0 Å².